The quantitative estimate of drug-likeness (QED) is 0.283. The van der Waals surface area contributed by atoms with Crippen LogP contribution in [-0.2, 0) is 0 Å². The topological polar surface area (TPSA) is 82.3 Å². The number of benzene rings is 1. The standard InChI is InChI=1S/C12H6F2N2O4/c13-10-5-7(6-11(14)15-10)12(17)20-9-3-1-8(2-4-9)16(18)19/h1-6H. The molecule has 0 saturated carbocycles. The molecule has 0 aliphatic carbocycles. The van der Waals surface area contributed by atoms with Gasteiger partial charge in [-0.05, 0) is 12.1 Å². The van der Waals surface area contributed by atoms with Crippen molar-refractivity contribution in [2.45, 2.75) is 0 Å². The molecule has 0 spiro atoms. The molecule has 2 aromatic rings. The molecular formula is C12H6F2N2O4. The zero-order chi connectivity index (χ0) is 14.7. The van der Waals surface area contributed by atoms with Crippen LogP contribution in [-0.4, -0.2) is 15.9 Å². The molecule has 0 atom stereocenters. The van der Waals surface area contributed by atoms with Crippen molar-refractivity contribution < 1.29 is 23.2 Å². The van der Waals surface area contributed by atoms with Gasteiger partial charge in [0.2, 0.25) is 11.9 Å². The van der Waals surface area contributed by atoms with Crippen LogP contribution in [0, 0.1) is 22.0 Å². The number of hydrogen-bond acceptors (Lipinski definition) is 5. The Balaban J connectivity index is 2.16. The highest BCUT2D eigenvalue weighted by Gasteiger charge is 2.13. The Hall–Kier alpha value is -2.90. The van der Waals surface area contributed by atoms with Crippen LogP contribution in [0.25, 0.3) is 0 Å². The van der Waals surface area contributed by atoms with E-state index in [9.17, 15) is 23.7 Å². The third kappa shape index (κ3) is 3.10. The van der Waals surface area contributed by atoms with Gasteiger partial charge < -0.3 is 4.74 Å². The fourth-order valence-electron chi connectivity index (χ4n) is 1.38. The van der Waals surface area contributed by atoms with Crippen molar-refractivity contribution in [1.29, 1.82) is 0 Å². The number of rotatable bonds is 3. The molecule has 2 rings (SSSR count). The lowest BCUT2D eigenvalue weighted by atomic mass is 10.2. The molecule has 8 heteroatoms. The van der Waals surface area contributed by atoms with Gasteiger partial charge in [0, 0.05) is 24.3 Å². The van der Waals surface area contributed by atoms with Crippen LogP contribution in [0.2, 0.25) is 0 Å². The molecular weight excluding hydrogens is 274 g/mol. The monoisotopic (exact) mass is 280 g/mol. The number of ether oxygens (including phenoxy) is 1. The second kappa shape index (κ2) is 5.39. The lowest BCUT2D eigenvalue weighted by Crippen LogP contribution is -2.10. The minimum atomic E-state index is -1.15. The van der Waals surface area contributed by atoms with Gasteiger partial charge in [-0.25, -0.2) is 4.79 Å². The van der Waals surface area contributed by atoms with Gasteiger partial charge in [0.25, 0.3) is 5.69 Å². The van der Waals surface area contributed by atoms with Crippen molar-refractivity contribution in [2.24, 2.45) is 0 Å². The summed E-state index contributed by atoms with van der Waals surface area (Å²) in [6.07, 6.45) is 0. The van der Waals surface area contributed by atoms with Crippen molar-refractivity contribution in [3.8, 4) is 5.75 Å². The average molecular weight is 280 g/mol. The largest absolute Gasteiger partial charge is 0.423 e. The lowest BCUT2D eigenvalue weighted by molar-refractivity contribution is -0.384. The smallest absolute Gasteiger partial charge is 0.343 e. The number of carbonyl (C=O) groups excluding carboxylic acids is 1. The SMILES string of the molecule is O=C(Oc1ccc([N+](=O)[O-])cc1)c1cc(F)nc(F)c1. The lowest BCUT2D eigenvalue weighted by Gasteiger charge is -2.04. The molecule has 0 fully saturated rings. The Labute approximate surface area is 110 Å². The number of nitro benzene ring substituents is 1. The number of halogens is 2. The maximum Gasteiger partial charge on any atom is 0.343 e. The second-order valence-corrected chi connectivity index (χ2v) is 3.64. The van der Waals surface area contributed by atoms with Gasteiger partial charge in [0.05, 0.1) is 10.5 Å². The van der Waals surface area contributed by atoms with Gasteiger partial charge in [0.15, 0.2) is 0 Å². The Kier molecular flexibility index (Phi) is 3.65. The highest BCUT2D eigenvalue weighted by Crippen LogP contribution is 2.18. The number of esters is 1. The second-order valence-electron chi connectivity index (χ2n) is 3.64. The molecule has 0 saturated heterocycles. The summed E-state index contributed by atoms with van der Waals surface area (Å²) in [5, 5.41) is 10.4. The minimum Gasteiger partial charge on any atom is -0.423 e. The Morgan fingerprint density at radius 2 is 1.70 bits per heavy atom. The normalized spacial score (nSPS) is 10.1. The third-order valence-corrected chi connectivity index (χ3v) is 2.26. The first-order valence-electron chi connectivity index (χ1n) is 5.25. The molecule has 0 N–H and O–H groups in total. The van der Waals surface area contributed by atoms with Crippen molar-refractivity contribution >= 4 is 11.7 Å². The Bertz CT molecular complexity index is 653. The molecule has 1 aromatic heterocycles. The van der Waals surface area contributed by atoms with Crippen LogP contribution in [0.1, 0.15) is 10.4 Å². The van der Waals surface area contributed by atoms with Gasteiger partial charge >= 0.3 is 5.97 Å². The molecule has 0 unspecified atom stereocenters. The predicted octanol–water partition coefficient (Wildman–Crippen LogP) is 2.49. The molecule has 0 aliphatic rings. The summed E-state index contributed by atoms with van der Waals surface area (Å²) in [5.41, 5.74) is -0.529. The number of carbonyl (C=O) groups is 1. The number of aromatic nitrogens is 1. The first-order chi connectivity index (χ1) is 9.45. The van der Waals surface area contributed by atoms with Crippen LogP contribution in [0.5, 0.6) is 5.75 Å². The van der Waals surface area contributed by atoms with Crippen LogP contribution in [0.3, 0.4) is 0 Å². The molecule has 1 aromatic carbocycles. The zero-order valence-electron chi connectivity index (χ0n) is 9.75. The molecule has 0 amide bonds. The van der Waals surface area contributed by atoms with E-state index >= 15 is 0 Å². The fourth-order valence-corrected chi connectivity index (χ4v) is 1.38. The summed E-state index contributed by atoms with van der Waals surface area (Å²) in [5.74, 6) is -3.29. The summed E-state index contributed by atoms with van der Waals surface area (Å²) in [7, 11) is 0. The fraction of sp³-hybridized carbons (Fsp3) is 0. The van der Waals surface area contributed by atoms with E-state index in [4.69, 9.17) is 4.74 Å². The first-order valence-corrected chi connectivity index (χ1v) is 5.25. The van der Waals surface area contributed by atoms with Gasteiger partial charge in [-0.2, -0.15) is 13.8 Å². The van der Waals surface area contributed by atoms with Crippen LogP contribution in [0.15, 0.2) is 36.4 Å². The molecule has 20 heavy (non-hydrogen) atoms. The number of hydrogen-bond donors (Lipinski definition) is 0. The predicted molar refractivity (Wildman–Crippen MR) is 62.2 cm³/mol. The van der Waals surface area contributed by atoms with E-state index in [0.717, 1.165) is 24.3 Å². The maximum atomic E-state index is 12.8. The van der Waals surface area contributed by atoms with Gasteiger partial charge in [-0.1, -0.05) is 0 Å². The van der Waals surface area contributed by atoms with E-state index in [1.165, 1.54) is 12.1 Å². The molecule has 6 nitrogen and oxygen atoms in total. The van der Waals surface area contributed by atoms with E-state index in [-0.39, 0.29) is 17.0 Å². The van der Waals surface area contributed by atoms with Crippen molar-refractivity contribution in [3.05, 3.63) is 64.0 Å². The van der Waals surface area contributed by atoms with Gasteiger partial charge in [-0.15, -0.1) is 0 Å². The summed E-state index contributed by atoms with van der Waals surface area (Å²) in [6, 6.07) is 6.11. The minimum absolute atomic E-state index is 0.0122. The number of nitrogens with zero attached hydrogens (tertiary/aromatic N) is 2. The van der Waals surface area contributed by atoms with Crippen molar-refractivity contribution in [1.82, 2.24) is 4.98 Å². The number of non-ortho nitro benzene ring substituents is 1. The summed E-state index contributed by atoms with van der Waals surface area (Å²) in [6.45, 7) is 0. The molecule has 102 valence electrons. The van der Waals surface area contributed by atoms with Crippen LogP contribution < -0.4 is 4.74 Å². The van der Waals surface area contributed by atoms with Crippen molar-refractivity contribution in [2.75, 3.05) is 0 Å². The highest BCUT2D eigenvalue weighted by molar-refractivity contribution is 5.90. The van der Waals surface area contributed by atoms with Crippen LogP contribution in [0.4, 0.5) is 14.5 Å². The van der Waals surface area contributed by atoms with E-state index in [1.54, 1.807) is 0 Å². The first kappa shape index (κ1) is 13.5. The average Bonchev–Trinajstić information content (AvgIpc) is 2.38. The third-order valence-electron chi connectivity index (χ3n) is 2.26. The summed E-state index contributed by atoms with van der Waals surface area (Å²) >= 11 is 0. The van der Waals surface area contributed by atoms with E-state index in [0.29, 0.717) is 0 Å². The summed E-state index contributed by atoms with van der Waals surface area (Å²) in [4.78, 5) is 24.3. The molecule has 0 radical (unpaired) electrons. The van der Waals surface area contributed by atoms with E-state index < -0.39 is 22.8 Å². The van der Waals surface area contributed by atoms with E-state index in [1.807, 2.05) is 0 Å². The zero-order valence-corrected chi connectivity index (χ0v) is 9.75. The Morgan fingerprint density at radius 1 is 1.15 bits per heavy atom. The van der Waals surface area contributed by atoms with E-state index in [2.05, 4.69) is 4.98 Å². The Morgan fingerprint density at radius 3 is 2.20 bits per heavy atom. The molecule has 0 bridgehead atoms. The van der Waals surface area contributed by atoms with Gasteiger partial charge in [0.1, 0.15) is 5.75 Å². The maximum absolute atomic E-state index is 12.8. The highest BCUT2D eigenvalue weighted by atomic mass is 19.1. The summed E-state index contributed by atoms with van der Waals surface area (Å²) < 4.78 is 30.5. The number of nitro groups is 1. The number of pyridine rings is 1. The van der Waals surface area contributed by atoms with Crippen molar-refractivity contribution in [3.63, 3.8) is 0 Å². The molecule has 1 heterocycles. The van der Waals surface area contributed by atoms with Gasteiger partial charge in [-0.3, -0.25) is 10.1 Å². The van der Waals surface area contributed by atoms with Crippen LogP contribution >= 0.6 is 0 Å². The molecule has 0 aliphatic heterocycles.